The minimum absolute atomic E-state index is 0.128. The molecule has 0 fully saturated rings. The van der Waals surface area contributed by atoms with Gasteiger partial charge in [0.1, 0.15) is 0 Å². The third-order valence-corrected chi connectivity index (χ3v) is 14.8. The highest BCUT2D eigenvalue weighted by molar-refractivity contribution is 6.22. The van der Waals surface area contributed by atoms with Crippen molar-refractivity contribution in [3.05, 3.63) is 278 Å². The molecular weight excluding hydrogens is 857 g/mol. The second kappa shape index (κ2) is 17.2. The number of hydrogen-bond acceptors (Lipinski definition) is 2. The molecule has 0 atom stereocenters. The van der Waals surface area contributed by atoms with Crippen LogP contribution in [-0.2, 0) is 5.41 Å². The van der Waals surface area contributed by atoms with E-state index in [1.807, 2.05) is 0 Å². The first-order chi connectivity index (χ1) is 35.0. The molecule has 0 heterocycles. The molecule has 2 heteroatoms. The van der Waals surface area contributed by atoms with Crippen molar-refractivity contribution in [1.82, 2.24) is 0 Å². The number of benzene rings is 12. The SMILES string of the molecule is CC1(C)c2ccccc2-c2ccc(N(c3ccc(-c4c5ccccc5c(N(c5ccc(-c6ccccc6)cc5)c5ccc(-c6ccccc6)cc5)c5ccccc45)cc3)c3cccc4ccccc34)cc21. The Balaban J connectivity index is 0.973. The Labute approximate surface area is 416 Å². The summed E-state index contributed by atoms with van der Waals surface area (Å²) in [6.07, 6.45) is 0. The predicted molar refractivity (Wildman–Crippen MR) is 302 cm³/mol. The molecule has 13 rings (SSSR count). The first-order valence-electron chi connectivity index (χ1n) is 24.7. The molecule has 0 radical (unpaired) electrons. The Hall–Kier alpha value is -8.98. The van der Waals surface area contributed by atoms with E-state index in [0.717, 1.165) is 34.1 Å². The molecule has 1 aliphatic rings. The summed E-state index contributed by atoms with van der Waals surface area (Å²) in [5.41, 5.74) is 19.2. The van der Waals surface area contributed by atoms with Gasteiger partial charge in [0.25, 0.3) is 0 Å². The third-order valence-electron chi connectivity index (χ3n) is 14.8. The lowest BCUT2D eigenvalue weighted by Gasteiger charge is -2.30. The smallest absolute Gasteiger partial charge is 0.0618 e. The fraction of sp³-hybridized carbons (Fsp3) is 0.0435. The zero-order valence-electron chi connectivity index (χ0n) is 39.8. The molecule has 336 valence electrons. The Morgan fingerprint density at radius 2 is 0.704 bits per heavy atom. The van der Waals surface area contributed by atoms with Crippen molar-refractivity contribution in [1.29, 1.82) is 0 Å². The maximum absolute atomic E-state index is 2.46. The highest BCUT2D eigenvalue weighted by atomic mass is 15.2. The van der Waals surface area contributed by atoms with Gasteiger partial charge in [-0.15, -0.1) is 0 Å². The fourth-order valence-corrected chi connectivity index (χ4v) is 11.4. The van der Waals surface area contributed by atoms with Crippen LogP contribution >= 0.6 is 0 Å². The molecular formula is C69H50N2. The Bertz CT molecular complexity index is 3780. The summed E-state index contributed by atoms with van der Waals surface area (Å²) in [6.45, 7) is 4.72. The van der Waals surface area contributed by atoms with Crippen molar-refractivity contribution < 1.29 is 0 Å². The molecule has 71 heavy (non-hydrogen) atoms. The van der Waals surface area contributed by atoms with Gasteiger partial charge in [0.05, 0.1) is 11.4 Å². The third kappa shape index (κ3) is 7.18. The van der Waals surface area contributed by atoms with Gasteiger partial charge in [-0.3, -0.25) is 0 Å². The zero-order chi connectivity index (χ0) is 47.5. The molecule has 0 saturated heterocycles. The van der Waals surface area contributed by atoms with E-state index in [0.29, 0.717) is 0 Å². The maximum Gasteiger partial charge on any atom is 0.0618 e. The quantitative estimate of drug-likeness (QED) is 0.133. The largest absolute Gasteiger partial charge is 0.310 e. The molecule has 12 aromatic rings. The van der Waals surface area contributed by atoms with Gasteiger partial charge in [-0.25, -0.2) is 0 Å². The molecule has 12 aromatic carbocycles. The summed E-state index contributed by atoms with van der Waals surface area (Å²) < 4.78 is 0. The second-order valence-corrected chi connectivity index (χ2v) is 19.3. The van der Waals surface area contributed by atoms with Crippen molar-refractivity contribution in [3.63, 3.8) is 0 Å². The number of rotatable bonds is 9. The van der Waals surface area contributed by atoms with Crippen LogP contribution in [0.1, 0.15) is 25.0 Å². The van der Waals surface area contributed by atoms with Crippen molar-refractivity contribution in [2.24, 2.45) is 0 Å². The number of anilines is 6. The minimum atomic E-state index is -0.128. The van der Waals surface area contributed by atoms with Crippen LogP contribution in [0.25, 0.3) is 76.8 Å². The van der Waals surface area contributed by atoms with Crippen LogP contribution in [-0.4, -0.2) is 0 Å². The van der Waals surface area contributed by atoms with Gasteiger partial charge in [-0.1, -0.05) is 226 Å². The summed E-state index contributed by atoms with van der Waals surface area (Å²) in [7, 11) is 0. The van der Waals surface area contributed by atoms with E-state index in [9.17, 15) is 0 Å². The fourth-order valence-electron chi connectivity index (χ4n) is 11.4. The molecule has 1 aliphatic carbocycles. The van der Waals surface area contributed by atoms with Crippen molar-refractivity contribution >= 4 is 66.4 Å². The zero-order valence-corrected chi connectivity index (χ0v) is 39.8. The van der Waals surface area contributed by atoms with E-state index in [-0.39, 0.29) is 5.41 Å². The lowest BCUT2D eigenvalue weighted by molar-refractivity contribution is 0.660. The molecule has 0 saturated carbocycles. The second-order valence-electron chi connectivity index (χ2n) is 19.3. The van der Waals surface area contributed by atoms with Crippen LogP contribution in [0.5, 0.6) is 0 Å². The van der Waals surface area contributed by atoms with Crippen LogP contribution in [0.2, 0.25) is 0 Å². The van der Waals surface area contributed by atoms with E-state index in [1.165, 1.54) is 88.0 Å². The number of nitrogens with zero attached hydrogens (tertiary/aromatic N) is 2. The van der Waals surface area contributed by atoms with Gasteiger partial charge in [0.15, 0.2) is 0 Å². The maximum atomic E-state index is 2.46. The highest BCUT2D eigenvalue weighted by Gasteiger charge is 2.36. The first-order valence-corrected chi connectivity index (χ1v) is 24.7. The summed E-state index contributed by atoms with van der Waals surface area (Å²) in [5, 5.41) is 7.20. The van der Waals surface area contributed by atoms with Gasteiger partial charge >= 0.3 is 0 Å². The molecule has 0 bridgehead atoms. The lowest BCUT2D eigenvalue weighted by atomic mass is 9.82. The van der Waals surface area contributed by atoms with Crippen LogP contribution in [0, 0.1) is 0 Å². The lowest BCUT2D eigenvalue weighted by Crippen LogP contribution is -2.16. The highest BCUT2D eigenvalue weighted by Crippen LogP contribution is 2.52. The summed E-state index contributed by atoms with van der Waals surface area (Å²) in [4.78, 5) is 4.91. The van der Waals surface area contributed by atoms with Crippen LogP contribution in [0.4, 0.5) is 34.1 Å². The summed E-state index contributed by atoms with van der Waals surface area (Å²) in [5.74, 6) is 0. The van der Waals surface area contributed by atoms with Gasteiger partial charge in [0.2, 0.25) is 0 Å². The van der Waals surface area contributed by atoms with Crippen molar-refractivity contribution in [2.75, 3.05) is 9.80 Å². The van der Waals surface area contributed by atoms with Gasteiger partial charge in [0, 0.05) is 44.3 Å². The van der Waals surface area contributed by atoms with Gasteiger partial charge in [-0.2, -0.15) is 0 Å². The summed E-state index contributed by atoms with van der Waals surface area (Å²) in [6, 6.07) is 97.9. The van der Waals surface area contributed by atoms with E-state index < -0.39 is 0 Å². The first kappa shape index (κ1) is 42.1. The Morgan fingerprint density at radius 3 is 1.30 bits per heavy atom. The molecule has 2 nitrogen and oxygen atoms in total. The molecule has 0 unspecified atom stereocenters. The Kier molecular flexibility index (Phi) is 10.2. The van der Waals surface area contributed by atoms with Crippen LogP contribution < -0.4 is 9.80 Å². The minimum Gasteiger partial charge on any atom is -0.310 e. The molecule has 0 aromatic heterocycles. The number of hydrogen-bond donors (Lipinski definition) is 0. The van der Waals surface area contributed by atoms with E-state index in [1.54, 1.807) is 0 Å². The van der Waals surface area contributed by atoms with Crippen molar-refractivity contribution in [2.45, 2.75) is 19.3 Å². The molecule has 0 spiro atoms. The predicted octanol–water partition coefficient (Wildman–Crippen LogP) is 19.4. The van der Waals surface area contributed by atoms with Crippen LogP contribution in [0.15, 0.2) is 267 Å². The average molecular weight is 907 g/mol. The van der Waals surface area contributed by atoms with E-state index >= 15 is 0 Å². The molecule has 0 N–H and O–H groups in total. The Morgan fingerprint density at radius 1 is 0.282 bits per heavy atom. The monoisotopic (exact) mass is 906 g/mol. The average Bonchev–Trinajstić information content (AvgIpc) is 3.67. The standard InChI is InChI=1S/C69H50N2/c1-69(2)64-30-16-15-25-58(64)59-45-44-56(46-65(59)69)70(66-31-17-23-51-22-9-10-24-57(51)66)53-42-36-52(37-43-53)67-60-26-11-13-28-62(60)68(63-29-14-12-27-61(63)67)71(54-38-32-49(33-39-54)47-18-5-3-6-19-47)55-40-34-50(35-41-55)48-20-7-4-8-21-48/h3-46H,1-2H3. The van der Waals surface area contributed by atoms with Gasteiger partial charge in [-0.05, 0) is 126 Å². The van der Waals surface area contributed by atoms with Crippen molar-refractivity contribution in [3.8, 4) is 44.5 Å². The molecule has 0 aliphatic heterocycles. The summed E-state index contributed by atoms with van der Waals surface area (Å²) >= 11 is 0. The topological polar surface area (TPSA) is 6.48 Å². The normalized spacial score (nSPS) is 12.5. The number of fused-ring (bicyclic) bond motifs is 6. The van der Waals surface area contributed by atoms with Gasteiger partial charge < -0.3 is 9.80 Å². The van der Waals surface area contributed by atoms with E-state index in [4.69, 9.17) is 0 Å². The molecule has 0 amide bonds. The van der Waals surface area contributed by atoms with Crippen LogP contribution in [0.3, 0.4) is 0 Å². The van der Waals surface area contributed by atoms with E-state index in [2.05, 4.69) is 291 Å².